The summed E-state index contributed by atoms with van der Waals surface area (Å²) in [5, 5.41) is 5.73. The van der Waals surface area contributed by atoms with Crippen LogP contribution in [-0.4, -0.2) is 25.5 Å². The van der Waals surface area contributed by atoms with E-state index in [1.807, 2.05) is 18.2 Å². The molecule has 0 bridgehead atoms. The molecule has 0 aromatic heterocycles. The molecule has 0 aliphatic heterocycles. The predicted molar refractivity (Wildman–Crippen MR) is 106 cm³/mol. The van der Waals surface area contributed by atoms with E-state index in [1.165, 1.54) is 6.08 Å². The van der Waals surface area contributed by atoms with E-state index < -0.39 is 0 Å². The summed E-state index contributed by atoms with van der Waals surface area (Å²) in [5.74, 6) is 0.461. The molecule has 2 aromatic rings. The normalized spacial score (nSPS) is 14.6. The van der Waals surface area contributed by atoms with Crippen molar-refractivity contribution in [3.05, 3.63) is 72.3 Å². The molecule has 2 aromatic carbocycles. The van der Waals surface area contributed by atoms with Gasteiger partial charge in [-0.1, -0.05) is 31.2 Å². The quantitative estimate of drug-likeness (QED) is 0.737. The summed E-state index contributed by atoms with van der Waals surface area (Å²) in [4.78, 5) is 23.9. The van der Waals surface area contributed by atoms with E-state index in [2.05, 4.69) is 23.3 Å². The molecule has 0 atom stereocenters. The van der Waals surface area contributed by atoms with E-state index in [-0.39, 0.29) is 17.2 Å². The van der Waals surface area contributed by atoms with Gasteiger partial charge in [0.15, 0.2) is 0 Å². The second-order valence-corrected chi connectivity index (χ2v) is 6.79. The first-order chi connectivity index (χ1) is 13.1. The van der Waals surface area contributed by atoms with Gasteiger partial charge in [0, 0.05) is 28.8 Å². The molecule has 1 aliphatic rings. The van der Waals surface area contributed by atoms with E-state index in [9.17, 15) is 9.59 Å². The minimum absolute atomic E-state index is 0.0693. The van der Waals surface area contributed by atoms with Crippen molar-refractivity contribution in [1.82, 2.24) is 5.32 Å². The summed E-state index contributed by atoms with van der Waals surface area (Å²) < 4.78 is 5.52. The van der Waals surface area contributed by atoms with Gasteiger partial charge in [0.05, 0.1) is 7.11 Å². The Labute approximate surface area is 159 Å². The number of hydrogen-bond donors (Lipinski definition) is 2. The van der Waals surface area contributed by atoms with Crippen LogP contribution in [0.25, 0.3) is 0 Å². The molecular formula is C22H24N2O3. The number of nitrogens with one attached hydrogen (secondary N) is 2. The maximum absolute atomic E-state index is 12.6. The number of para-hydroxylation sites is 1. The molecule has 2 amide bonds. The Morgan fingerprint density at radius 3 is 2.44 bits per heavy atom. The molecule has 0 radical (unpaired) electrons. The van der Waals surface area contributed by atoms with Gasteiger partial charge in [-0.25, -0.2) is 0 Å². The highest BCUT2D eigenvalue weighted by Crippen LogP contribution is 2.46. The summed E-state index contributed by atoms with van der Waals surface area (Å²) in [7, 11) is 1.68. The summed E-state index contributed by atoms with van der Waals surface area (Å²) in [6.45, 7) is 3.99. The van der Waals surface area contributed by atoms with Crippen LogP contribution in [0.5, 0.6) is 5.75 Å². The molecule has 1 saturated carbocycles. The first kappa shape index (κ1) is 18.7. The van der Waals surface area contributed by atoms with Gasteiger partial charge in [-0.05, 0) is 49.2 Å². The van der Waals surface area contributed by atoms with Crippen molar-refractivity contribution in [3.63, 3.8) is 0 Å². The van der Waals surface area contributed by atoms with E-state index in [1.54, 1.807) is 31.4 Å². The Morgan fingerprint density at radius 1 is 1.15 bits per heavy atom. The fourth-order valence-electron chi connectivity index (χ4n) is 3.48. The zero-order chi connectivity index (χ0) is 19.3. The highest BCUT2D eigenvalue weighted by Gasteiger charge is 2.40. The largest absolute Gasteiger partial charge is 0.496 e. The third-order valence-corrected chi connectivity index (χ3v) is 5.18. The number of carbonyl (C=O) groups is 2. The lowest BCUT2D eigenvalue weighted by Crippen LogP contribution is -2.45. The Balaban J connectivity index is 1.67. The Bertz CT molecular complexity index is 839. The molecule has 1 fully saturated rings. The van der Waals surface area contributed by atoms with Crippen molar-refractivity contribution >= 4 is 17.5 Å². The number of anilines is 1. The van der Waals surface area contributed by atoms with Crippen LogP contribution in [0, 0.1) is 0 Å². The van der Waals surface area contributed by atoms with E-state index in [0.717, 1.165) is 30.6 Å². The summed E-state index contributed by atoms with van der Waals surface area (Å²) in [6.07, 6.45) is 4.41. The number of ether oxygens (including phenoxy) is 1. The van der Waals surface area contributed by atoms with Crippen molar-refractivity contribution in [3.8, 4) is 5.75 Å². The summed E-state index contributed by atoms with van der Waals surface area (Å²) in [5.41, 5.74) is 2.27. The zero-order valence-corrected chi connectivity index (χ0v) is 15.5. The highest BCUT2D eigenvalue weighted by molar-refractivity contribution is 5.99. The van der Waals surface area contributed by atoms with Gasteiger partial charge in [-0.3, -0.25) is 9.59 Å². The molecule has 5 nitrogen and oxygen atoms in total. The average Bonchev–Trinajstić information content (AvgIpc) is 2.67. The molecule has 3 rings (SSSR count). The molecule has 1 aliphatic carbocycles. The molecule has 0 unspecified atom stereocenters. The van der Waals surface area contributed by atoms with Gasteiger partial charge in [0.1, 0.15) is 5.75 Å². The average molecular weight is 364 g/mol. The smallest absolute Gasteiger partial charge is 0.251 e. The van der Waals surface area contributed by atoms with Gasteiger partial charge >= 0.3 is 0 Å². The number of carbonyl (C=O) groups excluding carboxylic acids is 2. The minimum atomic E-state index is -0.282. The maximum Gasteiger partial charge on any atom is 0.251 e. The van der Waals surface area contributed by atoms with Crippen LogP contribution in [0.15, 0.2) is 61.2 Å². The van der Waals surface area contributed by atoms with Gasteiger partial charge in [-0.2, -0.15) is 0 Å². The topological polar surface area (TPSA) is 67.4 Å². The van der Waals surface area contributed by atoms with Crippen molar-refractivity contribution in [1.29, 1.82) is 0 Å². The Morgan fingerprint density at radius 2 is 1.85 bits per heavy atom. The van der Waals surface area contributed by atoms with Gasteiger partial charge in [0.25, 0.3) is 5.91 Å². The summed E-state index contributed by atoms with van der Waals surface area (Å²) in [6, 6.07) is 14.8. The number of benzene rings is 2. The Hall–Kier alpha value is -3.08. The predicted octanol–water partition coefficient (Wildman–Crippen LogP) is 3.67. The van der Waals surface area contributed by atoms with E-state index >= 15 is 0 Å². The number of amides is 2. The van der Waals surface area contributed by atoms with Crippen LogP contribution in [0.4, 0.5) is 5.69 Å². The first-order valence-electron chi connectivity index (χ1n) is 9.03. The van der Waals surface area contributed by atoms with Crippen molar-refractivity contribution in [2.75, 3.05) is 19.0 Å². The third-order valence-electron chi connectivity index (χ3n) is 5.18. The highest BCUT2D eigenvalue weighted by atomic mass is 16.5. The number of hydrogen-bond acceptors (Lipinski definition) is 3. The van der Waals surface area contributed by atoms with Crippen molar-refractivity contribution in [2.45, 2.75) is 24.7 Å². The van der Waals surface area contributed by atoms with Crippen LogP contribution < -0.4 is 15.4 Å². The molecule has 2 N–H and O–H groups in total. The SMILES string of the molecule is C=CC(=O)Nc1ccc(C(=O)NCC2(c3ccccc3OC)CCC2)cc1. The second kappa shape index (κ2) is 8.08. The van der Waals surface area contributed by atoms with Crippen molar-refractivity contribution in [2.24, 2.45) is 0 Å². The van der Waals surface area contributed by atoms with Crippen LogP contribution in [0.1, 0.15) is 35.2 Å². The fourth-order valence-corrected chi connectivity index (χ4v) is 3.48. The Kier molecular flexibility index (Phi) is 5.60. The van der Waals surface area contributed by atoms with Gasteiger partial charge < -0.3 is 15.4 Å². The van der Waals surface area contributed by atoms with E-state index in [0.29, 0.717) is 17.8 Å². The zero-order valence-electron chi connectivity index (χ0n) is 15.5. The number of rotatable bonds is 7. The van der Waals surface area contributed by atoms with Crippen LogP contribution >= 0.6 is 0 Å². The molecule has 140 valence electrons. The second-order valence-electron chi connectivity index (χ2n) is 6.79. The van der Waals surface area contributed by atoms with Crippen LogP contribution in [0.3, 0.4) is 0 Å². The lowest BCUT2D eigenvalue weighted by atomic mass is 9.64. The molecular weight excluding hydrogens is 340 g/mol. The molecule has 5 heteroatoms. The molecule has 27 heavy (non-hydrogen) atoms. The van der Waals surface area contributed by atoms with Gasteiger partial charge in [0.2, 0.25) is 5.91 Å². The molecule has 0 spiro atoms. The number of methoxy groups -OCH3 is 1. The van der Waals surface area contributed by atoms with Crippen LogP contribution in [0.2, 0.25) is 0 Å². The standard InChI is InChI=1S/C22H24N2O3/c1-3-20(25)24-17-11-9-16(10-12-17)21(26)23-15-22(13-6-14-22)18-7-4-5-8-19(18)27-2/h3-5,7-12H,1,6,13-15H2,2H3,(H,23,26)(H,24,25). The molecule has 0 saturated heterocycles. The van der Waals surface area contributed by atoms with E-state index in [4.69, 9.17) is 4.74 Å². The monoisotopic (exact) mass is 364 g/mol. The molecule has 0 heterocycles. The first-order valence-corrected chi connectivity index (χ1v) is 9.03. The maximum atomic E-state index is 12.6. The lowest BCUT2D eigenvalue weighted by molar-refractivity contribution is -0.111. The summed E-state index contributed by atoms with van der Waals surface area (Å²) >= 11 is 0. The van der Waals surface area contributed by atoms with Crippen molar-refractivity contribution < 1.29 is 14.3 Å². The lowest BCUT2D eigenvalue weighted by Gasteiger charge is -2.43. The third kappa shape index (κ3) is 4.03. The fraction of sp³-hybridized carbons (Fsp3) is 0.273. The minimum Gasteiger partial charge on any atom is -0.496 e. The van der Waals surface area contributed by atoms with Gasteiger partial charge in [-0.15, -0.1) is 0 Å². The van der Waals surface area contributed by atoms with Crippen LogP contribution in [-0.2, 0) is 10.2 Å².